The quantitative estimate of drug-likeness (QED) is 0.643. The van der Waals surface area contributed by atoms with Crippen LogP contribution in [0.15, 0.2) is 53.4 Å². The Morgan fingerprint density at radius 2 is 1.87 bits per heavy atom. The first-order chi connectivity index (χ1) is 14.4. The van der Waals surface area contributed by atoms with E-state index in [1.165, 1.54) is 16.1 Å². The topological polar surface area (TPSA) is 75.7 Å². The zero-order valence-corrected chi connectivity index (χ0v) is 19.1. The van der Waals surface area contributed by atoms with Crippen LogP contribution >= 0.6 is 23.4 Å². The number of hydrogen-bond acceptors (Lipinski definition) is 5. The second kappa shape index (κ2) is 10.6. The van der Waals surface area contributed by atoms with Crippen LogP contribution in [0.25, 0.3) is 0 Å². The first kappa shape index (κ1) is 23.1. The number of amides is 1. The number of carbonyl (C=O) groups excluding carboxylic acids is 1. The minimum Gasteiger partial charge on any atom is -0.379 e. The maximum absolute atomic E-state index is 12.8. The van der Waals surface area contributed by atoms with Crippen LogP contribution in [-0.2, 0) is 31.9 Å². The van der Waals surface area contributed by atoms with E-state index < -0.39 is 10.0 Å². The van der Waals surface area contributed by atoms with Crippen molar-refractivity contribution in [1.29, 1.82) is 0 Å². The largest absolute Gasteiger partial charge is 0.379 e. The summed E-state index contributed by atoms with van der Waals surface area (Å²) in [6.45, 7) is 3.84. The molecule has 30 heavy (non-hydrogen) atoms. The smallest absolute Gasteiger partial charge is 0.243 e. The number of hydrogen-bond donors (Lipinski definition) is 1. The summed E-state index contributed by atoms with van der Waals surface area (Å²) in [6.07, 6.45) is 0. The predicted octanol–water partition coefficient (Wildman–Crippen LogP) is 3.30. The maximum atomic E-state index is 12.8. The predicted molar refractivity (Wildman–Crippen MR) is 120 cm³/mol. The summed E-state index contributed by atoms with van der Waals surface area (Å²) in [4.78, 5) is 12.6. The van der Waals surface area contributed by atoms with Crippen LogP contribution in [0.2, 0.25) is 5.02 Å². The number of halogens is 1. The molecule has 2 aromatic carbocycles. The molecule has 1 N–H and O–H groups in total. The van der Waals surface area contributed by atoms with E-state index in [1.54, 1.807) is 30.3 Å². The van der Waals surface area contributed by atoms with Crippen molar-refractivity contribution < 1.29 is 17.9 Å². The number of ether oxygens (including phenoxy) is 1. The van der Waals surface area contributed by atoms with Crippen LogP contribution in [0.4, 0.5) is 0 Å². The van der Waals surface area contributed by atoms with E-state index in [9.17, 15) is 13.2 Å². The second-order valence-corrected chi connectivity index (χ2v) is 10.7. The molecule has 0 saturated carbocycles. The Bertz CT molecular complexity index is 961. The number of nitrogens with zero attached hydrogens (tertiary/aromatic N) is 1. The lowest BCUT2D eigenvalue weighted by molar-refractivity contribution is -0.120. The molecular weight excluding hydrogens is 444 g/mol. The normalized spacial score (nSPS) is 16.2. The Kier molecular flexibility index (Phi) is 8.19. The summed E-state index contributed by atoms with van der Waals surface area (Å²) in [5.74, 6) is 0.481. The fourth-order valence-electron chi connectivity index (χ4n) is 2.96. The molecule has 3 rings (SSSR count). The fraction of sp³-hybridized carbons (Fsp3) is 0.381. The van der Waals surface area contributed by atoms with Gasteiger partial charge in [0.25, 0.3) is 0 Å². The van der Waals surface area contributed by atoms with Gasteiger partial charge in [0.1, 0.15) is 0 Å². The molecular formula is C21H25ClN2O4S2. The zero-order valence-electron chi connectivity index (χ0n) is 16.7. The SMILES string of the molecule is CC(SCc1cccc(S(=O)(=O)N2CCOCC2)c1)C(=O)NCc1ccc(Cl)cc1. The summed E-state index contributed by atoms with van der Waals surface area (Å²) >= 11 is 7.34. The Hall–Kier alpha value is -1.58. The van der Waals surface area contributed by atoms with Gasteiger partial charge in [0, 0.05) is 30.4 Å². The molecule has 162 valence electrons. The minimum atomic E-state index is -3.53. The van der Waals surface area contributed by atoms with Crippen molar-refractivity contribution in [2.24, 2.45) is 0 Å². The third-order valence-electron chi connectivity index (χ3n) is 4.76. The minimum absolute atomic E-state index is 0.0629. The van der Waals surface area contributed by atoms with Crippen molar-refractivity contribution in [2.75, 3.05) is 26.3 Å². The number of benzene rings is 2. The van der Waals surface area contributed by atoms with E-state index in [-0.39, 0.29) is 16.1 Å². The molecule has 1 fully saturated rings. The van der Waals surface area contributed by atoms with Gasteiger partial charge in [0.2, 0.25) is 15.9 Å². The second-order valence-electron chi connectivity index (χ2n) is 6.96. The monoisotopic (exact) mass is 468 g/mol. The molecule has 9 heteroatoms. The lowest BCUT2D eigenvalue weighted by Gasteiger charge is -2.26. The average Bonchev–Trinajstić information content (AvgIpc) is 2.77. The van der Waals surface area contributed by atoms with E-state index in [0.29, 0.717) is 43.6 Å². The molecule has 0 radical (unpaired) electrons. The summed E-state index contributed by atoms with van der Waals surface area (Å²) in [7, 11) is -3.53. The van der Waals surface area contributed by atoms with Crippen LogP contribution in [-0.4, -0.2) is 50.2 Å². The van der Waals surface area contributed by atoms with Crippen molar-refractivity contribution in [3.63, 3.8) is 0 Å². The van der Waals surface area contributed by atoms with E-state index in [0.717, 1.165) is 11.1 Å². The van der Waals surface area contributed by atoms with Gasteiger partial charge in [-0.1, -0.05) is 35.9 Å². The van der Waals surface area contributed by atoms with Gasteiger partial charge in [-0.2, -0.15) is 4.31 Å². The molecule has 0 aliphatic carbocycles. The van der Waals surface area contributed by atoms with Crippen LogP contribution in [0.5, 0.6) is 0 Å². The first-order valence-corrected chi connectivity index (χ1v) is 12.5. The molecule has 0 bridgehead atoms. The molecule has 2 aromatic rings. The van der Waals surface area contributed by atoms with Crippen LogP contribution in [0.1, 0.15) is 18.1 Å². The van der Waals surface area contributed by atoms with Gasteiger partial charge in [-0.3, -0.25) is 4.79 Å². The number of morpholine rings is 1. The van der Waals surface area contributed by atoms with Crippen LogP contribution in [0.3, 0.4) is 0 Å². The Morgan fingerprint density at radius 3 is 2.57 bits per heavy atom. The highest BCUT2D eigenvalue weighted by atomic mass is 35.5. The Balaban J connectivity index is 1.54. The summed E-state index contributed by atoms with van der Waals surface area (Å²) in [5, 5.41) is 3.31. The molecule has 1 atom stereocenters. The third kappa shape index (κ3) is 6.21. The van der Waals surface area contributed by atoms with Crippen LogP contribution < -0.4 is 5.32 Å². The van der Waals surface area contributed by atoms with Gasteiger partial charge in [-0.05, 0) is 42.3 Å². The summed E-state index contributed by atoms with van der Waals surface area (Å²) < 4.78 is 32.3. The van der Waals surface area contributed by atoms with Crippen LogP contribution in [0, 0.1) is 0 Å². The summed E-state index contributed by atoms with van der Waals surface area (Å²) in [6, 6.07) is 14.3. The van der Waals surface area contributed by atoms with Crippen molar-refractivity contribution in [3.8, 4) is 0 Å². The number of thioether (sulfide) groups is 1. The highest BCUT2D eigenvalue weighted by Gasteiger charge is 2.26. The van der Waals surface area contributed by atoms with E-state index in [4.69, 9.17) is 16.3 Å². The Labute approximate surface area is 187 Å². The number of rotatable bonds is 8. The van der Waals surface area contributed by atoms with Crippen molar-refractivity contribution in [1.82, 2.24) is 9.62 Å². The van der Waals surface area contributed by atoms with Crippen molar-refractivity contribution >= 4 is 39.3 Å². The highest BCUT2D eigenvalue weighted by Crippen LogP contribution is 2.23. The van der Waals surface area contributed by atoms with Gasteiger partial charge in [0.05, 0.1) is 23.4 Å². The van der Waals surface area contributed by atoms with E-state index in [1.807, 2.05) is 25.1 Å². The standard InChI is InChI=1S/C21H25ClN2O4S2/c1-16(21(25)23-14-17-5-7-19(22)8-6-17)29-15-18-3-2-4-20(13-18)30(26,27)24-9-11-28-12-10-24/h2-8,13,16H,9-12,14-15H2,1H3,(H,23,25). The van der Waals surface area contributed by atoms with E-state index >= 15 is 0 Å². The number of carbonyl (C=O) groups is 1. The number of nitrogens with one attached hydrogen (secondary N) is 1. The number of sulfonamides is 1. The Morgan fingerprint density at radius 1 is 1.17 bits per heavy atom. The highest BCUT2D eigenvalue weighted by molar-refractivity contribution is 7.99. The zero-order chi connectivity index (χ0) is 21.6. The molecule has 6 nitrogen and oxygen atoms in total. The first-order valence-electron chi connectivity index (χ1n) is 9.67. The van der Waals surface area contributed by atoms with Gasteiger partial charge in [-0.15, -0.1) is 11.8 Å². The third-order valence-corrected chi connectivity index (χ3v) is 8.12. The molecule has 1 aliphatic rings. The molecule has 0 aromatic heterocycles. The maximum Gasteiger partial charge on any atom is 0.243 e. The van der Waals surface area contributed by atoms with Crippen molar-refractivity contribution in [3.05, 3.63) is 64.7 Å². The van der Waals surface area contributed by atoms with Gasteiger partial charge < -0.3 is 10.1 Å². The lowest BCUT2D eigenvalue weighted by atomic mass is 10.2. The van der Waals surface area contributed by atoms with Gasteiger partial charge in [0.15, 0.2) is 0 Å². The van der Waals surface area contributed by atoms with Crippen molar-refractivity contribution in [2.45, 2.75) is 29.4 Å². The molecule has 1 saturated heterocycles. The van der Waals surface area contributed by atoms with E-state index in [2.05, 4.69) is 5.32 Å². The molecule has 1 amide bonds. The summed E-state index contributed by atoms with van der Waals surface area (Å²) in [5.41, 5.74) is 1.85. The van der Waals surface area contributed by atoms with Gasteiger partial charge in [-0.25, -0.2) is 8.42 Å². The fourth-order valence-corrected chi connectivity index (χ4v) is 5.43. The van der Waals surface area contributed by atoms with Gasteiger partial charge >= 0.3 is 0 Å². The molecule has 1 aliphatic heterocycles. The lowest BCUT2D eigenvalue weighted by Crippen LogP contribution is -2.40. The molecule has 0 spiro atoms. The average molecular weight is 469 g/mol. The molecule has 1 unspecified atom stereocenters. The molecule has 1 heterocycles.